The number of nitrogens with zero attached hydrogens (tertiary/aromatic N) is 4. The quantitative estimate of drug-likeness (QED) is 0.435. The van der Waals surface area contributed by atoms with Crippen LogP contribution in [0.1, 0.15) is 18.4 Å². The molecule has 2 aliphatic heterocycles. The molecule has 4 heterocycles. The first-order valence-corrected chi connectivity index (χ1v) is 11.7. The lowest BCUT2D eigenvalue weighted by Gasteiger charge is -2.34. The van der Waals surface area contributed by atoms with Gasteiger partial charge in [0.2, 0.25) is 0 Å². The third kappa shape index (κ3) is 3.48. The number of halogens is 2. The fourth-order valence-electron chi connectivity index (χ4n) is 5.37. The molecule has 2 aromatic heterocycles. The Balaban J connectivity index is 1.60. The van der Waals surface area contributed by atoms with Gasteiger partial charge in [0.05, 0.1) is 25.2 Å². The van der Waals surface area contributed by atoms with Crippen molar-refractivity contribution < 1.29 is 18.3 Å². The van der Waals surface area contributed by atoms with Crippen LogP contribution in [0.5, 0.6) is 11.8 Å². The molecule has 4 aromatic rings. The van der Waals surface area contributed by atoms with E-state index in [-0.39, 0.29) is 22.8 Å². The van der Waals surface area contributed by atoms with Crippen LogP contribution in [0.4, 0.5) is 14.6 Å². The Morgan fingerprint density at radius 2 is 1.86 bits per heavy atom. The van der Waals surface area contributed by atoms with Crippen molar-refractivity contribution in [3.63, 3.8) is 0 Å². The molecular weight excluding hydrogens is 464 g/mol. The molecule has 2 fully saturated rings. The van der Waals surface area contributed by atoms with Crippen molar-refractivity contribution in [3.05, 3.63) is 47.7 Å². The fourth-order valence-corrected chi connectivity index (χ4v) is 5.37. The monoisotopic (exact) mass is 487 g/mol. The lowest BCUT2D eigenvalue weighted by molar-refractivity contribution is 0.380. The lowest BCUT2D eigenvalue weighted by Crippen LogP contribution is -2.51. The minimum atomic E-state index is -0.672. The summed E-state index contributed by atoms with van der Waals surface area (Å²) < 4.78 is 41.7. The summed E-state index contributed by atoms with van der Waals surface area (Å²) in [5.74, 6) is 2.20. The van der Waals surface area contributed by atoms with E-state index in [1.165, 1.54) is 20.3 Å². The van der Waals surface area contributed by atoms with Crippen LogP contribution >= 0.6 is 0 Å². The topological polar surface area (TPSA) is 72.4 Å². The van der Waals surface area contributed by atoms with Crippen LogP contribution in [-0.2, 0) is 0 Å². The average molecular weight is 488 g/mol. The zero-order chi connectivity index (χ0) is 25.0. The number of aromatic nitrogens is 3. The van der Waals surface area contributed by atoms with E-state index in [1.54, 1.807) is 24.4 Å². The highest BCUT2D eigenvalue weighted by Gasteiger charge is 2.34. The van der Waals surface area contributed by atoms with Gasteiger partial charge in [0.1, 0.15) is 28.6 Å². The predicted octanol–water partition coefficient (Wildman–Crippen LogP) is 4.06. The molecule has 0 spiro atoms. The van der Waals surface area contributed by atoms with Crippen LogP contribution in [0.15, 0.2) is 30.5 Å². The van der Waals surface area contributed by atoms with Crippen LogP contribution in [0.25, 0.3) is 32.9 Å². The first kappa shape index (κ1) is 22.4. The molecule has 182 valence electrons. The number of hydrogen-bond donors (Lipinski definition) is 1. The molecule has 0 aliphatic carbocycles. The molecule has 0 saturated carbocycles. The maximum absolute atomic E-state index is 16.3. The van der Waals surface area contributed by atoms with Crippen LogP contribution in [0.3, 0.4) is 0 Å². The SMILES string of the molecule is C#Cc1c(F)ccc2cc(OC)cc(-c3ncc4c(N5CC6CCC(C5)N6)nc(OC)nc4c3F)c12. The zero-order valence-corrected chi connectivity index (χ0v) is 19.8. The van der Waals surface area contributed by atoms with Crippen molar-refractivity contribution in [1.29, 1.82) is 0 Å². The summed E-state index contributed by atoms with van der Waals surface area (Å²) in [4.78, 5) is 15.5. The Labute approximate surface area is 206 Å². The molecule has 9 heteroatoms. The molecule has 36 heavy (non-hydrogen) atoms. The van der Waals surface area contributed by atoms with Gasteiger partial charge in [-0.3, -0.25) is 4.98 Å². The summed E-state index contributed by atoms with van der Waals surface area (Å²) in [5, 5.41) is 5.05. The summed E-state index contributed by atoms with van der Waals surface area (Å²) >= 11 is 0. The second-order valence-electron chi connectivity index (χ2n) is 9.10. The summed E-state index contributed by atoms with van der Waals surface area (Å²) in [6, 6.07) is 6.97. The number of piperazine rings is 1. The van der Waals surface area contributed by atoms with E-state index in [9.17, 15) is 4.39 Å². The molecule has 2 aliphatic rings. The number of pyridine rings is 1. The highest BCUT2D eigenvalue weighted by molar-refractivity contribution is 6.03. The molecule has 2 aromatic carbocycles. The molecule has 2 saturated heterocycles. The van der Waals surface area contributed by atoms with Crippen LogP contribution in [-0.4, -0.2) is 54.3 Å². The predicted molar refractivity (Wildman–Crippen MR) is 133 cm³/mol. The molecule has 2 bridgehead atoms. The van der Waals surface area contributed by atoms with E-state index in [2.05, 4.69) is 31.1 Å². The normalized spacial score (nSPS) is 19.0. The van der Waals surface area contributed by atoms with Gasteiger partial charge in [-0.25, -0.2) is 8.78 Å². The molecule has 7 nitrogen and oxygen atoms in total. The Kier molecular flexibility index (Phi) is 5.34. The van der Waals surface area contributed by atoms with Crippen molar-refractivity contribution in [2.45, 2.75) is 24.9 Å². The van der Waals surface area contributed by atoms with Crippen LogP contribution in [0, 0.1) is 24.0 Å². The number of fused-ring (bicyclic) bond motifs is 4. The summed E-state index contributed by atoms with van der Waals surface area (Å²) in [7, 11) is 2.95. The third-order valence-corrected chi connectivity index (χ3v) is 7.02. The summed E-state index contributed by atoms with van der Waals surface area (Å²) in [6.45, 7) is 1.50. The van der Waals surface area contributed by atoms with Gasteiger partial charge in [0, 0.05) is 42.3 Å². The van der Waals surface area contributed by atoms with Crippen molar-refractivity contribution >= 4 is 27.5 Å². The number of methoxy groups -OCH3 is 2. The maximum Gasteiger partial charge on any atom is 0.318 e. The average Bonchev–Trinajstić information content (AvgIpc) is 3.25. The zero-order valence-electron chi connectivity index (χ0n) is 19.8. The summed E-state index contributed by atoms with van der Waals surface area (Å²) in [6.07, 6.45) is 9.39. The molecule has 2 unspecified atom stereocenters. The van der Waals surface area contributed by atoms with E-state index >= 15 is 4.39 Å². The number of anilines is 1. The van der Waals surface area contributed by atoms with E-state index in [0.29, 0.717) is 45.4 Å². The van der Waals surface area contributed by atoms with Gasteiger partial charge in [0.15, 0.2) is 5.82 Å². The Bertz CT molecular complexity index is 1560. The smallest absolute Gasteiger partial charge is 0.318 e. The number of benzene rings is 2. The number of hydrogen-bond acceptors (Lipinski definition) is 7. The highest BCUT2D eigenvalue weighted by Crippen LogP contribution is 2.39. The van der Waals surface area contributed by atoms with E-state index < -0.39 is 11.6 Å². The number of ether oxygens (including phenoxy) is 2. The van der Waals surface area contributed by atoms with Gasteiger partial charge in [-0.15, -0.1) is 6.42 Å². The van der Waals surface area contributed by atoms with E-state index in [1.807, 2.05) is 0 Å². The van der Waals surface area contributed by atoms with Crippen molar-refractivity contribution in [3.8, 4) is 35.4 Å². The van der Waals surface area contributed by atoms with E-state index in [0.717, 1.165) is 25.9 Å². The van der Waals surface area contributed by atoms with Gasteiger partial charge < -0.3 is 19.7 Å². The molecule has 0 radical (unpaired) electrons. The van der Waals surface area contributed by atoms with Crippen LogP contribution < -0.4 is 19.7 Å². The second-order valence-corrected chi connectivity index (χ2v) is 9.10. The number of rotatable bonds is 4. The van der Waals surface area contributed by atoms with Gasteiger partial charge >= 0.3 is 6.01 Å². The standard InChI is InChI=1S/C27H23F2N5O2/c1-4-18-21(28)8-5-14-9-17(35-2)10-19(22(14)18)24-23(29)25-20(11-30-24)26(33-27(32-25)36-3)34-12-15-6-7-16(13-34)31-15/h1,5,8-11,15-16,31H,6-7,12-13H2,2-3H3. The molecule has 2 atom stereocenters. The molecule has 1 N–H and O–H groups in total. The highest BCUT2D eigenvalue weighted by atomic mass is 19.1. The van der Waals surface area contributed by atoms with E-state index in [4.69, 9.17) is 15.9 Å². The van der Waals surface area contributed by atoms with Gasteiger partial charge in [-0.05, 0) is 36.4 Å². The molecule has 0 amide bonds. The Morgan fingerprint density at radius 3 is 2.56 bits per heavy atom. The van der Waals surface area contributed by atoms with Gasteiger partial charge in [-0.2, -0.15) is 9.97 Å². The largest absolute Gasteiger partial charge is 0.497 e. The minimum absolute atomic E-state index is 0.0133. The van der Waals surface area contributed by atoms with Crippen molar-refractivity contribution in [2.75, 3.05) is 32.2 Å². The van der Waals surface area contributed by atoms with Crippen molar-refractivity contribution in [2.24, 2.45) is 0 Å². The fraction of sp³-hybridized carbons (Fsp3) is 0.296. The Morgan fingerprint density at radius 1 is 1.08 bits per heavy atom. The van der Waals surface area contributed by atoms with Gasteiger partial charge in [0.25, 0.3) is 0 Å². The Hall–Kier alpha value is -4.03. The first-order chi connectivity index (χ1) is 17.5. The lowest BCUT2D eigenvalue weighted by atomic mass is 9.95. The first-order valence-electron chi connectivity index (χ1n) is 11.7. The number of nitrogens with one attached hydrogen (secondary N) is 1. The van der Waals surface area contributed by atoms with Gasteiger partial charge in [-0.1, -0.05) is 12.0 Å². The second kappa shape index (κ2) is 8.57. The minimum Gasteiger partial charge on any atom is -0.497 e. The molecule has 6 rings (SSSR count). The molecular formula is C27H23F2N5O2. The summed E-state index contributed by atoms with van der Waals surface area (Å²) in [5.41, 5.74) is 0.405. The van der Waals surface area contributed by atoms with Crippen LogP contribution in [0.2, 0.25) is 0 Å². The maximum atomic E-state index is 16.3. The van der Waals surface area contributed by atoms with Crippen molar-refractivity contribution in [1.82, 2.24) is 20.3 Å². The third-order valence-electron chi connectivity index (χ3n) is 7.02. The number of terminal acetylenes is 1.